The van der Waals surface area contributed by atoms with Crippen molar-refractivity contribution in [3.05, 3.63) is 45.7 Å². The number of rotatable bonds is 2. The molecule has 3 heterocycles. The van der Waals surface area contributed by atoms with E-state index in [1.165, 1.54) is 22.5 Å². The van der Waals surface area contributed by atoms with Gasteiger partial charge in [0.25, 0.3) is 0 Å². The zero-order chi connectivity index (χ0) is 11.7. The summed E-state index contributed by atoms with van der Waals surface area (Å²) in [4.78, 5) is 10.3. The second kappa shape index (κ2) is 4.76. The van der Waals surface area contributed by atoms with Crippen LogP contribution in [-0.2, 0) is 12.2 Å². The number of hydrogen-bond acceptors (Lipinski definition) is 5. The second-order valence-electron chi connectivity index (χ2n) is 3.97. The normalized spacial score (nSPS) is 16.5. The van der Waals surface area contributed by atoms with Crippen molar-refractivity contribution in [3.8, 4) is 0 Å². The molecule has 88 valence electrons. The van der Waals surface area contributed by atoms with Gasteiger partial charge < -0.3 is 5.11 Å². The predicted molar refractivity (Wildman–Crippen MR) is 70.3 cm³/mol. The molecule has 5 heteroatoms. The van der Waals surface area contributed by atoms with Gasteiger partial charge in [0.1, 0.15) is 12.4 Å². The molecule has 1 aliphatic rings. The van der Waals surface area contributed by atoms with Crippen molar-refractivity contribution in [1.29, 1.82) is 0 Å². The standard InChI is InChI=1S/C12H12N2OS2/c15-12(9-4-13-7-14-5-9)11-3-8-6-16-2-1-10(8)17-11/h3-5,7,12,15H,1-2,6H2. The fourth-order valence-electron chi connectivity index (χ4n) is 1.92. The van der Waals surface area contributed by atoms with Gasteiger partial charge in [-0.25, -0.2) is 9.97 Å². The first-order valence-corrected chi connectivity index (χ1v) is 7.44. The molecule has 3 nitrogen and oxygen atoms in total. The van der Waals surface area contributed by atoms with Crippen molar-refractivity contribution in [2.24, 2.45) is 0 Å². The minimum Gasteiger partial charge on any atom is -0.383 e. The summed E-state index contributed by atoms with van der Waals surface area (Å²) in [5, 5.41) is 10.3. The summed E-state index contributed by atoms with van der Waals surface area (Å²) >= 11 is 3.68. The highest BCUT2D eigenvalue weighted by Gasteiger charge is 2.19. The quantitative estimate of drug-likeness (QED) is 0.905. The molecule has 0 saturated heterocycles. The van der Waals surface area contributed by atoms with Crippen molar-refractivity contribution in [2.45, 2.75) is 18.3 Å². The lowest BCUT2D eigenvalue weighted by Gasteiger charge is -2.08. The number of nitrogens with zero attached hydrogens (tertiary/aromatic N) is 2. The van der Waals surface area contributed by atoms with E-state index in [0.29, 0.717) is 0 Å². The molecule has 0 aromatic carbocycles. The first kappa shape index (κ1) is 11.2. The molecule has 17 heavy (non-hydrogen) atoms. The molecule has 2 aromatic rings. The van der Waals surface area contributed by atoms with Crippen LogP contribution in [-0.4, -0.2) is 20.8 Å². The summed E-state index contributed by atoms with van der Waals surface area (Å²) in [6, 6.07) is 2.13. The molecule has 0 fully saturated rings. The van der Waals surface area contributed by atoms with E-state index in [-0.39, 0.29) is 0 Å². The lowest BCUT2D eigenvalue weighted by atomic mass is 10.1. The Morgan fingerprint density at radius 2 is 2.12 bits per heavy atom. The van der Waals surface area contributed by atoms with Crippen LogP contribution >= 0.6 is 23.1 Å². The summed E-state index contributed by atoms with van der Waals surface area (Å²) in [6.07, 6.45) is 5.36. The number of thiophene rings is 1. The highest BCUT2D eigenvalue weighted by Crippen LogP contribution is 2.36. The Morgan fingerprint density at radius 1 is 1.29 bits per heavy atom. The molecule has 1 aliphatic heterocycles. The Morgan fingerprint density at radius 3 is 2.88 bits per heavy atom. The molecular formula is C12H12N2OS2. The van der Waals surface area contributed by atoms with Crippen LogP contribution in [0.15, 0.2) is 24.8 Å². The molecule has 0 radical (unpaired) electrons. The van der Waals surface area contributed by atoms with Crippen molar-refractivity contribution < 1.29 is 5.11 Å². The number of hydrogen-bond donors (Lipinski definition) is 1. The largest absolute Gasteiger partial charge is 0.383 e. The Balaban J connectivity index is 1.91. The molecule has 0 aliphatic carbocycles. The molecule has 1 atom stereocenters. The summed E-state index contributed by atoms with van der Waals surface area (Å²) < 4.78 is 0. The van der Waals surface area contributed by atoms with Gasteiger partial charge in [-0.15, -0.1) is 11.3 Å². The monoisotopic (exact) mass is 264 g/mol. The maximum atomic E-state index is 10.3. The zero-order valence-electron chi connectivity index (χ0n) is 9.17. The number of aliphatic hydroxyl groups is 1. The van der Waals surface area contributed by atoms with Crippen molar-refractivity contribution >= 4 is 23.1 Å². The van der Waals surface area contributed by atoms with Gasteiger partial charge in [-0.1, -0.05) is 0 Å². The third-order valence-electron chi connectivity index (χ3n) is 2.81. The van der Waals surface area contributed by atoms with Crippen LogP contribution in [0.5, 0.6) is 0 Å². The van der Waals surface area contributed by atoms with E-state index in [2.05, 4.69) is 16.0 Å². The molecule has 0 bridgehead atoms. The van der Waals surface area contributed by atoms with Gasteiger partial charge in [-0.05, 0) is 23.8 Å². The smallest absolute Gasteiger partial charge is 0.116 e. The summed E-state index contributed by atoms with van der Waals surface area (Å²) in [7, 11) is 0. The SMILES string of the molecule is OC(c1cncnc1)c1cc2c(s1)CCSC2. The van der Waals surface area contributed by atoms with E-state index in [9.17, 15) is 5.11 Å². The van der Waals surface area contributed by atoms with Crippen LogP contribution in [0.1, 0.15) is 27.0 Å². The first-order chi connectivity index (χ1) is 8.34. The first-order valence-electron chi connectivity index (χ1n) is 5.47. The summed E-state index contributed by atoms with van der Waals surface area (Å²) in [6.45, 7) is 0. The van der Waals surface area contributed by atoms with E-state index >= 15 is 0 Å². The van der Waals surface area contributed by atoms with E-state index in [0.717, 1.165) is 22.6 Å². The fourth-order valence-corrected chi connectivity index (χ4v) is 4.31. The molecule has 3 rings (SSSR count). The van der Waals surface area contributed by atoms with E-state index in [4.69, 9.17) is 0 Å². The minimum absolute atomic E-state index is 0.586. The lowest BCUT2D eigenvalue weighted by Crippen LogP contribution is -1.98. The Labute approximate surface area is 108 Å². The van der Waals surface area contributed by atoms with Crippen LogP contribution < -0.4 is 0 Å². The Bertz CT molecular complexity index is 489. The fraction of sp³-hybridized carbons (Fsp3) is 0.333. The van der Waals surface area contributed by atoms with Crippen molar-refractivity contribution in [1.82, 2.24) is 9.97 Å². The zero-order valence-corrected chi connectivity index (χ0v) is 10.8. The average molecular weight is 264 g/mol. The highest BCUT2D eigenvalue weighted by molar-refractivity contribution is 7.98. The van der Waals surface area contributed by atoms with Gasteiger partial charge in [-0.2, -0.15) is 11.8 Å². The maximum Gasteiger partial charge on any atom is 0.116 e. The number of thioether (sulfide) groups is 1. The van der Waals surface area contributed by atoms with Gasteiger partial charge in [-0.3, -0.25) is 0 Å². The predicted octanol–water partition coefficient (Wildman–Crippen LogP) is 2.41. The number of aliphatic hydroxyl groups excluding tert-OH is 1. The number of fused-ring (bicyclic) bond motifs is 1. The van der Waals surface area contributed by atoms with Crippen LogP contribution in [0, 0.1) is 0 Å². The van der Waals surface area contributed by atoms with Crippen molar-refractivity contribution in [3.63, 3.8) is 0 Å². The molecule has 0 saturated carbocycles. The minimum atomic E-state index is -0.586. The highest BCUT2D eigenvalue weighted by atomic mass is 32.2. The van der Waals surface area contributed by atoms with Gasteiger partial charge >= 0.3 is 0 Å². The molecule has 0 amide bonds. The Kier molecular flexibility index (Phi) is 3.13. The van der Waals surface area contributed by atoms with E-state index in [1.54, 1.807) is 23.7 Å². The third-order valence-corrected chi connectivity index (χ3v) is 5.11. The topological polar surface area (TPSA) is 46.0 Å². The number of aryl methyl sites for hydroxylation is 1. The van der Waals surface area contributed by atoms with E-state index < -0.39 is 6.10 Å². The van der Waals surface area contributed by atoms with Crippen LogP contribution in [0.25, 0.3) is 0 Å². The third kappa shape index (κ3) is 2.22. The summed E-state index contributed by atoms with van der Waals surface area (Å²) in [5.74, 6) is 2.27. The van der Waals surface area contributed by atoms with Crippen molar-refractivity contribution in [2.75, 3.05) is 5.75 Å². The van der Waals surface area contributed by atoms with Crippen LogP contribution in [0.3, 0.4) is 0 Å². The van der Waals surface area contributed by atoms with Gasteiger partial charge in [0.05, 0.1) is 0 Å². The van der Waals surface area contributed by atoms with Gasteiger partial charge in [0, 0.05) is 33.5 Å². The molecule has 0 spiro atoms. The van der Waals surface area contributed by atoms with E-state index in [1.807, 2.05) is 11.8 Å². The van der Waals surface area contributed by atoms with Crippen LogP contribution in [0.2, 0.25) is 0 Å². The molecular weight excluding hydrogens is 252 g/mol. The number of aromatic nitrogens is 2. The van der Waals surface area contributed by atoms with Gasteiger partial charge in [0.2, 0.25) is 0 Å². The molecule has 1 N–H and O–H groups in total. The molecule has 1 unspecified atom stereocenters. The Hall–Kier alpha value is -0.910. The lowest BCUT2D eigenvalue weighted by molar-refractivity contribution is 0.223. The van der Waals surface area contributed by atoms with Crippen LogP contribution in [0.4, 0.5) is 0 Å². The maximum absolute atomic E-state index is 10.3. The van der Waals surface area contributed by atoms with Gasteiger partial charge in [0.15, 0.2) is 0 Å². The summed E-state index contributed by atoms with van der Waals surface area (Å²) in [5.41, 5.74) is 2.15. The average Bonchev–Trinajstić information content (AvgIpc) is 2.82. The molecule has 2 aromatic heterocycles. The second-order valence-corrected chi connectivity index (χ2v) is 6.25.